The van der Waals surface area contributed by atoms with Gasteiger partial charge in [0, 0.05) is 61.0 Å². The number of carbonyl (C=O) groups excluding carboxylic acids is 2. The van der Waals surface area contributed by atoms with E-state index < -0.39 is 0 Å². The minimum absolute atomic E-state index is 0.0347. The Hall–Kier alpha value is -2.05. The molecular weight excluding hydrogens is 387 g/mol. The summed E-state index contributed by atoms with van der Waals surface area (Å²) in [7, 11) is 0. The molecule has 2 aromatic rings. The monoisotopic (exact) mass is 408 g/mol. The molecule has 0 aliphatic carbocycles. The van der Waals surface area contributed by atoms with Crippen LogP contribution in [0.1, 0.15) is 31.2 Å². The Balaban J connectivity index is 1.49. The number of rotatable bonds is 8. The fraction of sp³-hybridized carbons (Fsp3) is 0.421. The number of amides is 2. The van der Waals surface area contributed by atoms with E-state index in [2.05, 4.69) is 10.3 Å². The normalized spacial score (nSPS) is 16.7. The first-order valence-electron chi connectivity index (χ1n) is 8.99. The van der Waals surface area contributed by atoms with Crippen molar-refractivity contribution >= 4 is 35.0 Å². The SMILES string of the molecule is O=C(CC1CCC(=O)N1Cc1ccc(Cl)cc1Cl)NCCCn1ccnc1. The van der Waals surface area contributed by atoms with E-state index in [4.69, 9.17) is 23.2 Å². The van der Waals surface area contributed by atoms with E-state index in [0.717, 1.165) is 18.5 Å². The van der Waals surface area contributed by atoms with Crippen LogP contribution in [0.25, 0.3) is 0 Å². The number of hydrogen-bond donors (Lipinski definition) is 1. The average molecular weight is 409 g/mol. The fourth-order valence-electron chi connectivity index (χ4n) is 3.25. The molecule has 1 aliphatic heterocycles. The van der Waals surface area contributed by atoms with Gasteiger partial charge >= 0.3 is 0 Å². The van der Waals surface area contributed by atoms with Crippen LogP contribution in [-0.2, 0) is 22.7 Å². The number of halogens is 2. The van der Waals surface area contributed by atoms with Crippen molar-refractivity contribution in [3.05, 3.63) is 52.5 Å². The van der Waals surface area contributed by atoms with Gasteiger partial charge in [-0.25, -0.2) is 4.98 Å². The van der Waals surface area contributed by atoms with Crippen molar-refractivity contribution in [2.45, 2.75) is 44.8 Å². The lowest BCUT2D eigenvalue weighted by atomic mass is 10.1. The third kappa shape index (κ3) is 5.47. The van der Waals surface area contributed by atoms with Gasteiger partial charge in [0.25, 0.3) is 0 Å². The highest BCUT2D eigenvalue weighted by atomic mass is 35.5. The van der Waals surface area contributed by atoms with Crippen molar-refractivity contribution in [2.24, 2.45) is 0 Å². The van der Waals surface area contributed by atoms with Crippen LogP contribution in [-0.4, -0.2) is 38.9 Å². The van der Waals surface area contributed by atoms with Crippen molar-refractivity contribution in [3.8, 4) is 0 Å². The second kappa shape index (κ2) is 9.24. The third-order valence-corrected chi connectivity index (χ3v) is 5.29. The van der Waals surface area contributed by atoms with E-state index in [1.165, 1.54) is 0 Å². The molecular formula is C19H22Cl2N4O2. The van der Waals surface area contributed by atoms with Crippen LogP contribution in [0.2, 0.25) is 10.0 Å². The lowest BCUT2D eigenvalue weighted by Crippen LogP contribution is -2.37. The fourth-order valence-corrected chi connectivity index (χ4v) is 3.72. The minimum Gasteiger partial charge on any atom is -0.356 e. The molecule has 0 bridgehead atoms. The van der Waals surface area contributed by atoms with Crippen LogP contribution >= 0.6 is 23.2 Å². The van der Waals surface area contributed by atoms with Gasteiger partial charge in [-0.2, -0.15) is 0 Å². The number of hydrogen-bond acceptors (Lipinski definition) is 3. The molecule has 1 atom stereocenters. The molecule has 2 amide bonds. The summed E-state index contributed by atoms with van der Waals surface area (Å²) < 4.78 is 1.97. The van der Waals surface area contributed by atoms with Crippen molar-refractivity contribution < 1.29 is 9.59 Å². The van der Waals surface area contributed by atoms with Gasteiger partial charge in [0.05, 0.1) is 6.33 Å². The van der Waals surface area contributed by atoms with Crippen molar-refractivity contribution in [2.75, 3.05) is 6.54 Å². The van der Waals surface area contributed by atoms with Crippen LogP contribution in [0.5, 0.6) is 0 Å². The molecule has 0 spiro atoms. The maximum atomic E-state index is 12.3. The molecule has 1 aromatic heterocycles. The zero-order chi connectivity index (χ0) is 19.2. The van der Waals surface area contributed by atoms with Crippen LogP contribution in [0.4, 0.5) is 0 Å². The molecule has 6 nitrogen and oxygen atoms in total. The molecule has 1 aromatic carbocycles. The minimum atomic E-state index is -0.0992. The van der Waals surface area contributed by atoms with E-state index in [1.807, 2.05) is 16.8 Å². The zero-order valence-corrected chi connectivity index (χ0v) is 16.4. The van der Waals surface area contributed by atoms with E-state index in [1.54, 1.807) is 29.6 Å². The maximum Gasteiger partial charge on any atom is 0.223 e. The summed E-state index contributed by atoms with van der Waals surface area (Å²) in [6, 6.07) is 5.15. The van der Waals surface area contributed by atoms with Gasteiger partial charge in [-0.15, -0.1) is 0 Å². The number of nitrogens with zero attached hydrogens (tertiary/aromatic N) is 3. The van der Waals surface area contributed by atoms with Gasteiger partial charge in [-0.05, 0) is 30.5 Å². The standard InChI is InChI=1S/C19H22Cl2N4O2/c20-15-3-2-14(17(21)10-15)12-25-16(4-5-19(25)27)11-18(26)23-6-1-8-24-9-7-22-13-24/h2-3,7,9-10,13,16H,1,4-6,8,11-12H2,(H,23,26). The second-order valence-electron chi connectivity index (χ2n) is 6.66. The molecule has 1 N–H and O–H groups in total. The maximum absolute atomic E-state index is 12.3. The first kappa shape index (κ1) is 19.7. The first-order valence-corrected chi connectivity index (χ1v) is 9.74. The van der Waals surface area contributed by atoms with Crippen molar-refractivity contribution in [3.63, 3.8) is 0 Å². The predicted octanol–water partition coefficient (Wildman–Crippen LogP) is 3.28. The Morgan fingerprint density at radius 1 is 1.33 bits per heavy atom. The number of carbonyl (C=O) groups is 2. The summed E-state index contributed by atoms with van der Waals surface area (Å²) in [5, 5.41) is 4.03. The molecule has 1 fully saturated rings. The van der Waals surface area contributed by atoms with E-state index >= 15 is 0 Å². The molecule has 1 saturated heterocycles. The Labute approximate surface area is 168 Å². The molecule has 3 rings (SSSR count). The highest BCUT2D eigenvalue weighted by molar-refractivity contribution is 6.35. The molecule has 1 aliphatic rings. The quantitative estimate of drug-likeness (QED) is 0.681. The third-order valence-electron chi connectivity index (χ3n) is 4.70. The van der Waals surface area contributed by atoms with Crippen molar-refractivity contribution in [1.29, 1.82) is 0 Å². The number of aromatic nitrogens is 2. The van der Waals surface area contributed by atoms with E-state index in [-0.39, 0.29) is 17.9 Å². The number of aryl methyl sites for hydroxylation is 1. The van der Waals surface area contributed by atoms with Gasteiger partial charge in [0.1, 0.15) is 0 Å². The van der Waals surface area contributed by atoms with E-state index in [9.17, 15) is 9.59 Å². The number of likely N-dealkylation sites (tertiary alicyclic amines) is 1. The Kier molecular flexibility index (Phi) is 6.74. The van der Waals surface area contributed by atoms with Crippen molar-refractivity contribution in [1.82, 2.24) is 19.8 Å². The number of nitrogens with one attached hydrogen (secondary N) is 1. The van der Waals surface area contributed by atoms with E-state index in [0.29, 0.717) is 42.4 Å². The lowest BCUT2D eigenvalue weighted by molar-refractivity contribution is -0.130. The first-order chi connectivity index (χ1) is 13.0. The smallest absolute Gasteiger partial charge is 0.223 e. The Morgan fingerprint density at radius 2 is 2.19 bits per heavy atom. The van der Waals surface area contributed by atoms with Crippen LogP contribution in [0.3, 0.4) is 0 Å². The number of benzene rings is 1. The topological polar surface area (TPSA) is 67.2 Å². The number of imidazole rings is 1. The molecule has 2 heterocycles. The zero-order valence-electron chi connectivity index (χ0n) is 14.9. The molecule has 144 valence electrons. The predicted molar refractivity (Wildman–Crippen MR) is 105 cm³/mol. The Bertz CT molecular complexity index is 795. The van der Waals surface area contributed by atoms with Gasteiger partial charge in [-0.3, -0.25) is 9.59 Å². The summed E-state index contributed by atoms with van der Waals surface area (Å²) in [5.74, 6) is 0.0199. The van der Waals surface area contributed by atoms with Crippen LogP contribution in [0, 0.1) is 0 Å². The summed E-state index contributed by atoms with van der Waals surface area (Å²) in [5.41, 5.74) is 0.835. The highest BCUT2D eigenvalue weighted by Gasteiger charge is 2.32. The molecule has 8 heteroatoms. The van der Waals surface area contributed by atoms with Crippen LogP contribution in [0.15, 0.2) is 36.9 Å². The van der Waals surface area contributed by atoms with Gasteiger partial charge < -0.3 is 14.8 Å². The molecule has 0 radical (unpaired) electrons. The second-order valence-corrected chi connectivity index (χ2v) is 7.50. The molecule has 27 heavy (non-hydrogen) atoms. The summed E-state index contributed by atoms with van der Waals surface area (Å²) in [6.45, 7) is 1.80. The summed E-state index contributed by atoms with van der Waals surface area (Å²) >= 11 is 12.2. The van der Waals surface area contributed by atoms with Gasteiger partial charge in [0.2, 0.25) is 11.8 Å². The highest BCUT2D eigenvalue weighted by Crippen LogP contribution is 2.28. The summed E-state index contributed by atoms with van der Waals surface area (Å²) in [4.78, 5) is 30.3. The summed E-state index contributed by atoms with van der Waals surface area (Å²) in [6.07, 6.45) is 7.67. The van der Waals surface area contributed by atoms with Gasteiger partial charge in [0.15, 0.2) is 0 Å². The molecule has 1 unspecified atom stereocenters. The van der Waals surface area contributed by atoms with Crippen LogP contribution < -0.4 is 5.32 Å². The molecule has 0 saturated carbocycles. The van der Waals surface area contributed by atoms with Gasteiger partial charge in [-0.1, -0.05) is 29.3 Å². The largest absolute Gasteiger partial charge is 0.356 e. The lowest BCUT2D eigenvalue weighted by Gasteiger charge is -2.25. The average Bonchev–Trinajstić information content (AvgIpc) is 3.26. The Morgan fingerprint density at radius 3 is 2.93 bits per heavy atom.